The highest BCUT2D eigenvalue weighted by atomic mass is 16.2. The maximum Gasteiger partial charge on any atom is 0.343 e. The average molecular weight is 389 g/mol. The summed E-state index contributed by atoms with van der Waals surface area (Å²) in [5.74, 6) is -0.272. The molecular weight excluding hydrogens is 356 g/mol. The Balaban J connectivity index is 2.33. The van der Waals surface area contributed by atoms with Gasteiger partial charge in [0.2, 0.25) is 0 Å². The number of amides is 2. The normalized spacial score (nSPS) is 13.3. The van der Waals surface area contributed by atoms with Crippen LogP contribution in [0.2, 0.25) is 0 Å². The molecule has 2 unspecified atom stereocenters. The highest BCUT2D eigenvalue weighted by molar-refractivity contribution is 6.06. The van der Waals surface area contributed by atoms with Crippen LogP contribution in [0.5, 0.6) is 0 Å². The molecule has 2 rings (SSSR count). The molecule has 0 bridgehead atoms. The molecule has 2 amide bonds. The predicted octanol–water partition coefficient (Wildman–Crippen LogP) is 3.77. The maximum absolute atomic E-state index is 12.9. The second kappa shape index (κ2) is 10.1. The number of rotatable bonds is 9. The number of aromatic nitrogens is 2. The van der Waals surface area contributed by atoms with Crippen molar-refractivity contribution >= 4 is 22.8 Å². The van der Waals surface area contributed by atoms with Gasteiger partial charge in [-0.2, -0.15) is 4.68 Å². The second-order valence-electron chi connectivity index (χ2n) is 7.34. The van der Waals surface area contributed by atoms with Crippen molar-refractivity contribution in [2.75, 3.05) is 0 Å². The van der Waals surface area contributed by atoms with Crippen LogP contribution in [0.25, 0.3) is 10.9 Å². The Morgan fingerprint density at radius 1 is 1.11 bits per heavy atom. The number of aromatic amines is 1. The van der Waals surface area contributed by atoms with E-state index >= 15 is 0 Å². The minimum atomic E-state index is -0.520. The second-order valence-corrected chi connectivity index (χ2v) is 7.34. The zero-order valence-electron chi connectivity index (χ0n) is 17.3. The van der Waals surface area contributed by atoms with E-state index in [1.165, 1.54) is 0 Å². The fourth-order valence-electron chi connectivity index (χ4n) is 3.22. The molecule has 7 nitrogen and oxygen atoms in total. The maximum atomic E-state index is 12.9. The van der Waals surface area contributed by atoms with E-state index in [4.69, 9.17) is 0 Å². The molecule has 0 saturated carbocycles. The van der Waals surface area contributed by atoms with E-state index in [-0.39, 0.29) is 23.4 Å². The number of carbonyl (C=O) groups is 2. The Hall–Kier alpha value is -2.57. The average Bonchev–Trinajstić information content (AvgIpc) is 3.03. The lowest BCUT2D eigenvalue weighted by molar-refractivity contribution is 0.0933. The van der Waals surface area contributed by atoms with Crippen molar-refractivity contribution < 1.29 is 9.59 Å². The highest BCUT2D eigenvalue weighted by Gasteiger charge is 2.21. The summed E-state index contributed by atoms with van der Waals surface area (Å²) in [4.78, 5) is 38.1. The van der Waals surface area contributed by atoms with Crippen LogP contribution in [0.4, 0.5) is 4.79 Å². The highest BCUT2D eigenvalue weighted by Crippen LogP contribution is 2.15. The first-order valence-electron chi connectivity index (χ1n) is 10.3. The van der Waals surface area contributed by atoms with E-state index < -0.39 is 11.6 Å². The smallest absolute Gasteiger partial charge is 0.343 e. The van der Waals surface area contributed by atoms with Crippen LogP contribution >= 0.6 is 0 Å². The van der Waals surface area contributed by atoms with Crippen molar-refractivity contribution in [1.29, 1.82) is 0 Å². The van der Waals surface area contributed by atoms with Gasteiger partial charge in [-0.25, -0.2) is 4.79 Å². The van der Waals surface area contributed by atoms with Crippen molar-refractivity contribution in [2.45, 2.75) is 78.3 Å². The molecule has 3 N–H and O–H groups in total. The van der Waals surface area contributed by atoms with Gasteiger partial charge in [-0.05, 0) is 38.3 Å². The largest absolute Gasteiger partial charge is 0.349 e. The van der Waals surface area contributed by atoms with E-state index in [1.54, 1.807) is 18.2 Å². The third-order valence-electron chi connectivity index (χ3n) is 5.02. The van der Waals surface area contributed by atoms with E-state index in [2.05, 4.69) is 29.6 Å². The molecule has 0 fully saturated rings. The Kier molecular flexibility index (Phi) is 7.84. The summed E-state index contributed by atoms with van der Waals surface area (Å²) in [6.07, 6.45) is 5.66. The van der Waals surface area contributed by atoms with Gasteiger partial charge in [0.05, 0.1) is 16.5 Å². The Morgan fingerprint density at radius 2 is 1.86 bits per heavy atom. The number of benzene rings is 1. The lowest BCUT2D eigenvalue weighted by Gasteiger charge is -2.18. The number of H-pyrrole nitrogens is 1. The molecule has 0 aliphatic rings. The summed E-state index contributed by atoms with van der Waals surface area (Å²) in [7, 11) is 0. The van der Waals surface area contributed by atoms with Crippen LogP contribution in [-0.4, -0.2) is 33.8 Å². The minimum absolute atomic E-state index is 0.0538. The van der Waals surface area contributed by atoms with Gasteiger partial charge in [0.15, 0.2) is 0 Å². The summed E-state index contributed by atoms with van der Waals surface area (Å²) in [6.45, 7) is 8.03. The molecule has 2 atom stereocenters. The third-order valence-corrected chi connectivity index (χ3v) is 5.02. The monoisotopic (exact) mass is 388 g/mol. The van der Waals surface area contributed by atoms with Gasteiger partial charge in [0, 0.05) is 12.1 Å². The van der Waals surface area contributed by atoms with Crippen LogP contribution < -0.4 is 16.2 Å². The lowest BCUT2D eigenvalue weighted by Crippen LogP contribution is -2.40. The Labute approximate surface area is 165 Å². The van der Waals surface area contributed by atoms with Crippen molar-refractivity contribution in [3.05, 3.63) is 34.1 Å². The molecule has 1 aromatic carbocycles. The van der Waals surface area contributed by atoms with E-state index in [0.717, 1.165) is 43.2 Å². The molecule has 1 aromatic heterocycles. The lowest BCUT2D eigenvalue weighted by atomic mass is 10.0. The molecule has 154 valence electrons. The van der Waals surface area contributed by atoms with Gasteiger partial charge in [-0.1, -0.05) is 46.1 Å². The van der Waals surface area contributed by atoms with Gasteiger partial charge in [-0.15, -0.1) is 0 Å². The summed E-state index contributed by atoms with van der Waals surface area (Å²) < 4.78 is 0.939. The van der Waals surface area contributed by atoms with Crippen molar-refractivity contribution in [2.24, 2.45) is 0 Å². The zero-order chi connectivity index (χ0) is 20.7. The molecule has 0 spiro atoms. The summed E-state index contributed by atoms with van der Waals surface area (Å²) in [5.41, 5.74) is 0.256. The van der Waals surface area contributed by atoms with Crippen molar-refractivity contribution in [3.8, 4) is 0 Å². The predicted molar refractivity (Wildman–Crippen MR) is 112 cm³/mol. The number of hydrogen-bond acceptors (Lipinski definition) is 3. The van der Waals surface area contributed by atoms with Gasteiger partial charge in [0.25, 0.3) is 11.5 Å². The number of nitrogens with zero attached hydrogens (tertiary/aromatic N) is 1. The molecule has 0 radical (unpaired) electrons. The fourth-order valence-corrected chi connectivity index (χ4v) is 3.22. The molecular formula is C21H32N4O3. The summed E-state index contributed by atoms with van der Waals surface area (Å²) in [6, 6.07) is 4.55. The number of fused-ring (bicyclic) bond motifs is 1. The fraction of sp³-hybridized carbons (Fsp3) is 0.571. The summed E-state index contributed by atoms with van der Waals surface area (Å²) in [5, 5.41) is 8.88. The molecule has 28 heavy (non-hydrogen) atoms. The molecule has 0 saturated heterocycles. The first-order chi connectivity index (χ1) is 13.4. The SMILES string of the molecule is CCCCC(CCC)NC(=O)c1cccc2[nH]n(C(=O)NC(C)CC)c(=O)c12. The molecule has 1 heterocycles. The summed E-state index contributed by atoms with van der Waals surface area (Å²) >= 11 is 0. The van der Waals surface area contributed by atoms with E-state index in [1.807, 2.05) is 13.8 Å². The molecule has 7 heteroatoms. The number of hydrogen-bond donors (Lipinski definition) is 3. The van der Waals surface area contributed by atoms with E-state index in [0.29, 0.717) is 11.1 Å². The first kappa shape index (κ1) is 21.7. The van der Waals surface area contributed by atoms with Crippen LogP contribution in [-0.2, 0) is 0 Å². The molecule has 0 aliphatic heterocycles. The van der Waals surface area contributed by atoms with Crippen LogP contribution in [0.3, 0.4) is 0 Å². The van der Waals surface area contributed by atoms with Crippen molar-refractivity contribution in [3.63, 3.8) is 0 Å². The Morgan fingerprint density at radius 3 is 2.50 bits per heavy atom. The number of carbonyl (C=O) groups excluding carboxylic acids is 2. The van der Waals surface area contributed by atoms with E-state index in [9.17, 15) is 14.4 Å². The third kappa shape index (κ3) is 5.03. The van der Waals surface area contributed by atoms with Crippen LogP contribution in [0.1, 0.15) is 76.6 Å². The minimum Gasteiger partial charge on any atom is -0.349 e. The Bertz CT molecular complexity index is 868. The van der Waals surface area contributed by atoms with Gasteiger partial charge in [-0.3, -0.25) is 14.7 Å². The first-order valence-corrected chi connectivity index (χ1v) is 10.3. The van der Waals surface area contributed by atoms with Crippen LogP contribution in [0, 0.1) is 0 Å². The van der Waals surface area contributed by atoms with Gasteiger partial charge >= 0.3 is 6.03 Å². The van der Waals surface area contributed by atoms with Gasteiger partial charge < -0.3 is 10.6 Å². The number of nitrogens with one attached hydrogen (secondary N) is 3. The van der Waals surface area contributed by atoms with Gasteiger partial charge in [0.1, 0.15) is 0 Å². The molecule has 2 aromatic rings. The molecule has 0 aliphatic carbocycles. The zero-order valence-corrected chi connectivity index (χ0v) is 17.3. The number of unbranched alkanes of at least 4 members (excludes halogenated alkanes) is 1. The van der Waals surface area contributed by atoms with Crippen LogP contribution in [0.15, 0.2) is 23.0 Å². The topological polar surface area (TPSA) is 96.0 Å². The quantitative estimate of drug-likeness (QED) is 0.610. The standard InChI is InChI=1S/C21H32N4O3/c1-5-8-11-15(10-6-2)23-19(26)16-12-9-13-17-18(16)20(27)25(24-17)21(28)22-14(4)7-3/h9,12-15,24H,5-8,10-11H2,1-4H3,(H,22,28)(H,23,26). The van der Waals surface area contributed by atoms with Crippen molar-refractivity contribution in [1.82, 2.24) is 20.4 Å².